The van der Waals surface area contributed by atoms with Gasteiger partial charge >= 0.3 is 0 Å². The lowest BCUT2D eigenvalue weighted by Crippen LogP contribution is -2.42. The molecule has 1 aromatic rings. The first-order chi connectivity index (χ1) is 8.79. The fourth-order valence-corrected chi connectivity index (χ4v) is 2.62. The van der Waals surface area contributed by atoms with Crippen LogP contribution in [0.1, 0.15) is 18.4 Å². The third kappa shape index (κ3) is 7.97. The number of aryl methyl sites for hydroxylation is 1. The van der Waals surface area contributed by atoms with Gasteiger partial charge in [-0.3, -0.25) is 0 Å². The van der Waals surface area contributed by atoms with Crippen LogP contribution in [-0.4, -0.2) is 50.4 Å². The lowest BCUT2D eigenvalue weighted by Gasteiger charge is -2.30. The molecule has 0 aliphatic rings. The van der Waals surface area contributed by atoms with Gasteiger partial charge in [0.15, 0.2) is 0 Å². The molecule has 0 aliphatic carbocycles. The van der Waals surface area contributed by atoms with E-state index in [1.54, 1.807) is 0 Å². The van der Waals surface area contributed by atoms with Gasteiger partial charge < -0.3 is 9.04 Å². The maximum absolute atomic E-state index is 10.6. The summed E-state index contributed by atoms with van der Waals surface area (Å²) in [5, 5.41) is 0. The van der Waals surface area contributed by atoms with Gasteiger partial charge in [0.2, 0.25) is 0 Å². The summed E-state index contributed by atoms with van der Waals surface area (Å²) in [7, 11) is 0.0736. The van der Waals surface area contributed by atoms with Crippen molar-refractivity contribution in [2.24, 2.45) is 0 Å². The van der Waals surface area contributed by atoms with Crippen LogP contribution in [0.2, 0.25) is 0 Å². The molecule has 0 saturated heterocycles. The average molecular weight is 285 g/mol. The zero-order valence-corrected chi connectivity index (χ0v) is 12.5. The van der Waals surface area contributed by atoms with E-state index in [1.165, 1.54) is 5.56 Å². The van der Waals surface area contributed by atoms with Gasteiger partial charge in [-0.25, -0.2) is 8.42 Å². The lowest BCUT2D eigenvalue weighted by molar-refractivity contribution is -0.890. The summed E-state index contributed by atoms with van der Waals surface area (Å²) in [6.07, 6.45) is 2.52. The minimum atomic E-state index is -4.07. The Morgan fingerprint density at radius 2 is 1.63 bits per heavy atom. The SMILES string of the molecule is C[N+](C)(CCCc1ccccc1)CCCS(=O)(=O)[O-]. The van der Waals surface area contributed by atoms with E-state index in [2.05, 4.69) is 26.2 Å². The van der Waals surface area contributed by atoms with Gasteiger partial charge in [0, 0.05) is 18.6 Å². The van der Waals surface area contributed by atoms with Gasteiger partial charge in [0.25, 0.3) is 0 Å². The molecule has 0 bridgehead atoms. The summed E-state index contributed by atoms with van der Waals surface area (Å²) in [4.78, 5) is 0. The van der Waals surface area contributed by atoms with Crippen LogP contribution in [0.15, 0.2) is 30.3 Å². The number of rotatable bonds is 8. The van der Waals surface area contributed by atoms with Crippen LogP contribution in [0.3, 0.4) is 0 Å². The third-order valence-electron chi connectivity index (χ3n) is 3.23. The maximum Gasteiger partial charge on any atom is 0.0948 e. The molecular formula is C14H23NO3S. The highest BCUT2D eigenvalue weighted by molar-refractivity contribution is 7.85. The van der Waals surface area contributed by atoms with Gasteiger partial charge in [-0.2, -0.15) is 0 Å². The summed E-state index contributed by atoms with van der Waals surface area (Å²) in [6.45, 7) is 1.70. The van der Waals surface area contributed by atoms with Crippen molar-refractivity contribution in [3.05, 3.63) is 35.9 Å². The molecule has 0 spiro atoms. The molecule has 108 valence electrons. The summed E-state index contributed by atoms with van der Waals surface area (Å²) in [6, 6.07) is 10.3. The molecule has 4 nitrogen and oxygen atoms in total. The molecule has 5 heteroatoms. The predicted molar refractivity (Wildman–Crippen MR) is 75.8 cm³/mol. The van der Waals surface area contributed by atoms with Crippen molar-refractivity contribution in [1.82, 2.24) is 0 Å². The average Bonchev–Trinajstić information content (AvgIpc) is 2.28. The van der Waals surface area contributed by atoms with Crippen LogP contribution in [0.4, 0.5) is 0 Å². The van der Waals surface area contributed by atoms with Crippen molar-refractivity contribution in [2.75, 3.05) is 32.9 Å². The van der Waals surface area contributed by atoms with E-state index in [-0.39, 0.29) is 5.75 Å². The van der Waals surface area contributed by atoms with Crippen LogP contribution in [0.5, 0.6) is 0 Å². The first-order valence-corrected chi connectivity index (χ1v) is 8.16. The highest BCUT2D eigenvalue weighted by Gasteiger charge is 2.14. The van der Waals surface area contributed by atoms with Crippen LogP contribution < -0.4 is 0 Å². The molecule has 1 rings (SSSR count). The lowest BCUT2D eigenvalue weighted by atomic mass is 10.1. The largest absolute Gasteiger partial charge is 0.748 e. The van der Waals surface area contributed by atoms with Gasteiger partial charge in [-0.05, 0) is 12.0 Å². The molecule has 0 aliphatic heterocycles. The molecule has 0 unspecified atom stereocenters. The van der Waals surface area contributed by atoms with Crippen LogP contribution >= 0.6 is 0 Å². The van der Waals surface area contributed by atoms with E-state index in [0.29, 0.717) is 6.42 Å². The van der Waals surface area contributed by atoms with E-state index in [0.717, 1.165) is 30.4 Å². The van der Waals surface area contributed by atoms with E-state index in [1.807, 2.05) is 18.2 Å². The Morgan fingerprint density at radius 3 is 2.21 bits per heavy atom. The Bertz CT molecular complexity index is 469. The maximum atomic E-state index is 10.6. The van der Waals surface area contributed by atoms with Crippen molar-refractivity contribution in [1.29, 1.82) is 0 Å². The van der Waals surface area contributed by atoms with Crippen molar-refractivity contribution in [2.45, 2.75) is 19.3 Å². The standard InChI is InChI=1S/C14H23NO3S/c1-15(2,12-7-13-19(16,17)18)11-6-10-14-8-4-3-5-9-14/h3-5,8-9H,6-7,10-13H2,1-2H3. The highest BCUT2D eigenvalue weighted by Crippen LogP contribution is 2.07. The molecular weight excluding hydrogens is 262 g/mol. The number of hydrogen-bond donors (Lipinski definition) is 0. The monoisotopic (exact) mass is 285 g/mol. The summed E-state index contributed by atoms with van der Waals surface area (Å²) < 4.78 is 32.4. The van der Waals surface area contributed by atoms with Crippen LogP contribution in [0.25, 0.3) is 0 Å². The highest BCUT2D eigenvalue weighted by atomic mass is 32.2. The Balaban J connectivity index is 2.27. The fourth-order valence-electron chi connectivity index (χ4n) is 2.14. The van der Waals surface area contributed by atoms with Crippen molar-refractivity contribution >= 4 is 10.1 Å². The summed E-state index contributed by atoms with van der Waals surface area (Å²) in [5.74, 6) is -0.257. The van der Waals surface area contributed by atoms with Crippen LogP contribution in [-0.2, 0) is 16.5 Å². The number of quaternary nitrogens is 1. The summed E-state index contributed by atoms with van der Waals surface area (Å²) >= 11 is 0. The quantitative estimate of drug-likeness (QED) is 0.539. The molecule has 0 amide bonds. The second kappa shape index (κ2) is 7.03. The van der Waals surface area contributed by atoms with Gasteiger partial charge in [0.1, 0.15) is 0 Å². The normalized spacial score (nSPS) is 12.6. The molecule has 1 aromatic carbocycles. The van der Waals surface area contributed by atoms with Crippen molar-refractivity contribution < 1.29 is 17.5 Å². The van der Waals surface area contributed by atoms with Gasteiger partial charge in [0.05, 0.1) is 37.3 Å². The predicted octanol–water partition coefficient (Wildman–Crippen LogP) is 1.63. The van der Waals surface area contributed by atoms with Crippen LogP contribution in [0, 0.1) is 0 Å². The zero-order valence-electron chi connectivity index (χ0n) is 11.7. The molecule has 0 aromatic heterocycles. The molecule has 0 saturated carbocycles. The van der Waals surface area contributed by atoms with E-state index < -0.39 is 10.1 Å². The second-order valence-corrected chi connectivity index (χ2v) is 7.11. The molecule has 0 atom stereocenters. The summed E-state index contributed by atoms with van der Waals surface area (Å²) in [5.41, 5.74) is 1.32. The van der Waals surface area contributed by atoms with Crippen molar-refractivity contribution in [3.63, 3.8) is 0 Å². The van der Waals surface area contributed by atoms with E-state index >= 15 is 0 Å². The van der Waals surface area contributed by atoms with Gasteiger partial charge in [-0.1, -0.05) is 30.3 Å². The molecule has 0 radical (unpaired) electrons. The number of benzene rings is 1. The van der Waals surface area contributed by atoms with Gasteiger partial charge in [-0.15, -0.1) is 0 Å². The minimum Gasteiger partial charge on any atom is -0.748 e. The Hall–Kier alpha value is -0.910. The number of hydrogen-bond acceptors (Lipinski definition) is 3. The first kappa shape index (κ1) is 16.1. The van der Waals surface area contributed by atoms with E-state index in [9.17, 15) is 13.0 Å². The number of nitrogens with zero attached hydrogens (tertiary/aromatic N) is 1. The third-order valence-corrected chi connectivity index (χ3v) is 4.02. The molecule has 0 heterocycles. The van der Waals surface area contributed by atoms with E-state index in [4.69, 9.17) is 0 Å². The fraction of sp³-hybridized carbons (Fsp3) is 0.571. The molecule has 0 N–H and O–H groups in total. The molecule has 19 heavy (non-hydrogen) atoms. The minimum absolute atomic E-state index is 0.257. The second-order valence-electron chi connectivity index (χ2n) is 5.59. The Labute approximate surface area is 116 Å². The Kier molecular flexibility index (Phi) is 5.97. The topological polar surface area (TPSA) is 57.2 Å². The first-order valence-electron chi connectivity index (χ1n) is 6.58. The zero-order chi connectivity index (χ0) is 14.4. The Morgan fingerprint density at radius 1 is 1.05 bits per heavy atom. The smallest absolute Gasteiger partial charge is 0.0948 e. The molecule has 0 fully saturated rings. The van der Waals surface area contributed by atoms with Crippen molar-refractivity contribution in [3.8, 4) is 0 Å².